The highest BCUT2D eigenvalue weighted by Crippen LogP contribution is 2.44. The summed E-state index contributed by atoms with van der Waals surface area (Å²) in [6, 6.07) is 1.98. The molecule has 0 amide bonds. The highest BCUT2D eigenvalue weighted by Gasteiger charge is 2.50. The molecular weight excluding hydrogens is 316 g/mol. The van der Waals surface area contributed by atoms with Gasteiger partial charge in [-0.15, -0.1) is 0 Å². The minimum Gasteiger partial charge on any atom is -0.385 e. The van der Waals surface area contributed by atoms with E-state index in [4.69, 9.17) is 10.5 Å². The van der Waals surface area contributed by atoms with Gasteiger partial charge in [0.25, 0.3) is 0 Å². The number of rotatable bonds is 4. The Morgan fingerprint density at radius 2 is 2.08 bits per heavy atom. The van der Waals surface area contributed by atoms with E-state index in [1.165, 1.54) is 12.8 Å². The first-order valence-electron chi connectivity index (χ1n) is 9.24. The number of unbranched alkanes of at least 4 members (excludes halogenated alkanes) is 1. The second kappa shape index (κ2) is 8.25. The highest BCUT2D eigenvalue weighted by molar-refractivity contribution is 5.78. The minimum atomic E-state index is -0.911. The lowest BCUT2D eigenvalue weighted by molar-refractivity contribution is -0.0830. The number of hydrogen-bond donors (Lipinski definition) is 2. The number of aryl methyl sites for hydroxylation is 1. The number of ether oxygens (including phenoxy) is 1. The first-order chi connectivity index (χ1) is 11.9. The van der Waals surface area contributed by atoms with Gasteiger partial charge >= 0.3 is 0 Å². The van der Waals surface area contributed by atoms with E-state index >= 15 is 0 Å². The maximum absolute atomic E-state index is 10.8. The monoisotopic (exact) mass is 348 g/mol. The van der Waals surface area contributed by atoms with Crippen molar-refractivity contribution < 1.29 is 9.84 Å². The molecule has 6 heteroatoms. The van der Waals surface area contributed by atoms with Crippen molar-refractivity contribution in [3.8, 4) is 0 Å². The SMILES string of the molecule is CCC1O[C@@H](n2ccc3c(C)ncnc32)[C@](C)(O)[C@@H]1C.CCCCN. The number of nitrogens with zero attached hydrogens (tertiary/aromatic N) is 3. The van der Waals surface area contributed by atoms with Gasteiger partial charge in [-0.05, 0) is 39.3 Å². The van der Waals surface area contributed by atoms with Crippen molar-refractivity contribution in [1.82, 2.24) is 14.5 Å². The third-order valence-electron chi connectivity index (χ3n) is 5.20. The van der Waals surface area contributed by atoms with Gasteiger partial charge in [0.15, 0.2) is 6.23 Å². The number of aromatic nitrogens is 3. The zero-order valence-electron chi connectivity index (χ0n) is 16.1. The molecule has 0 radical (unpaired) electrons. The Hall–Kier alpha value is -1.50. The molecule has 3 rings (SSSR count). The van der Waals surface area contributed by atoms with E-state index in [1.54, 1.807) is 6.33 Å². The van der Waals surface area contributed by atoms with Crippen molar-refractivity contribution in [3.05, 3.63) is 24.3 Å². The largest absolute Gasteiger partial charge is 0.385 e. The van der Waals surface area contributed by atoms with Crippen molar-refractivity contribution in [2.24, 2.45) is 11.7 Å². The molecule has 3 N–H and O–H groups in total. The van der Waals surface area contributed by atoms with Crippen LogP contribution in [0.5, 0.6) is 0 Å². The molecule has 0 spiro atoms. The van der Waals surface area contributed by atoms with Crippen molar-refractivity contribution in [3.63, 3.8) is 0 Å². The van der Waals surface area contributed by atoms with Gasteiger partial charge in [-0.2, -0.15) is 0 Å². The van der Waals surface area contributed by atoms with Crippen molar-refractivity contribution >= 4 is 11.0 Å². The molecule has 2 aromatic rings. The van der Waals surface area contributed by atoms with Gasteiger partial charge in [0, 0.05) is 17.5 Å². The Balaban J connectivity index is 0.000000399. The van der Waals surface area contributed by atoms with Crippen LogP contribution in [0.2, 0.25) is 0 Å². The molecule has 1 aliphatic heterocycles. The average molecular weight is 348 g/mol. The van der Waals surface area contributed by atoms with Gasteiger partial charge in [0.05, 0.1) is 11.8 Å². The third-order valence-corrected chi connectivity index (χ3v) is 5.20. The minimum absolute atomic E-state index is 0.0652. The number of hydrogen-bond acceptors (Lipinski definition) is 5. The molecule has 6 nitrogen and oxygen atoms in total. The van der Waals surface area contributed by atoms with Crippen molar-refractivity contribution in [1.29, 1.82) is 0 Å². The van der Waals surface area contributed by atoms with Crippen molar-refractivity contribution in [2.45, 2.75) is 71.8 Å². The molecule has 3 heterocycles. The molecule has 4 atom stereocenters. The fraction of sp³-hybridized carbons (Fsp3) is 0.684. The molecule has 1 fully saturated rings. The number of aliphatic hydroxyl groups is 1. The Labute approximate surface area is 150 Å². The van der Waals surface area contributed by atoms with E-state index in [0.29, 0.717) is 0 Å². The standard InChI is InChI=1S/C15H21N3O2.C4H11N/c1-5-12-9(2)15(4,19)14(20-12)18-7-6-11-10(3)16-8-17-13(11)18;1-2-3-4-5/h6-9,12,14,19H,5H2,1-4H3;2-5H2,1H3/t9-,12?,14-,15-;/m1./s1. The van der Waals surface area contributed by atoms with Crippen LogP contribution in [-0.2, 0) is 4.74 Å². The van der Waals surface area contributed by atoms with Crippen LogP contribution < -0.4 is 5.73 Å². The Kier molecular flexibility index (Phi) is 6.54. The highest BCUT2D eigenvalue weighted by atomic mass is 16.5. The van der Waals surface area contributed by atoms with E-state index in [1.807, 2.05) is 37.6 Å². The summed E-state index contributed by atoms with van der Waals surface area (Å²) < 4.78 is 8.01. The van der Waals surface area contributed by atoms with Crippen LogP contribution in [0, 0.1) is 12.8 Å². The number of nitrogens with two attached hydrogens (primary N) is 1. The second-order valence-corrected chi connectivity index (χ2v) is 7.01. The molecule has 0 saturated carbocycles. The molecule has 0 bridgehead atoms. The van der Waals surface area contributed by atoms with E-state index in [-0.39, 0.29) is 12.0 Å². The maximum atomic E-state index is 10.8. The number of fused-ring (bicyclic) bond motifs is 1. The molecule has 140 valence electrons. The van der Waals surface area contributed by atoms with E-state index in [2.05, 4.69) is 23.8 Å². The predicted molar refractivity (Wildman–Crippen MR) is 100 cm³/mol. The zero-order chi connectivity index (χ0) is 18.6. The lowest BCUT2D eigenvalue weighted by Crippen LogP contribution is -2.37. The first kappa shape index (κ1) is 19.8. The van der Waals surface area contributed by atoms with E-state index in [0.717, 1.165) is 29.7 Å². The van der Waals surface area contributed by atoms with Gasteiger partial charge in [-0.1, -0.05) is 27.2 Å². The fourth-order valence-corrected chi connectivity index (χ4v) is 3.31. The maximum Gasteiger partial charge on any atom is 0.164 e. The van der Waals surface area contributed by atoms with Crippen LogP contribution in [0.4, 0.5) is 0 Å². The summed E-state index contributed by atoms with van der Waals surface area (Å²) in [5.74, 6) is 0.0814. The molecule has 0 aliphatic carbocycles. The summed E-state index contributed by atoms with van der Waals surface area (Å²) in [6.45, 7) is 10.9. The summed E-state index contributed by atoms with van der Waals surface area (Å²) in [5, 5.41) is 11.8. The molecule has 1 saturated heterocycles. The summed E-state index contributed by atoms with van der Waals surface area (Å²) in [4.78, 5) is 8.55. The summed E-state index contributed by atoms with van der Waals surface area (Å²) in [5.41, 5.74) is 5.98. The van der Waals surface area contributed by atoms with Gasteiger partial charge < -0.3 is 20.1 Å². The Bertz CT molecular complexity index is 681. The Morgan fingerprint density at radius 1 is 1.36 bits per heavy atom. The lowest BCUT2D eigenvalue weighted by Gasteiger charge is -2.28. The summed E-state index contributed by atoms with van der Waals surface area (Å²) in [7, 11) is 0. The molecule has 2 aromatic heterocycles. The van der Waals surface area contributed by atoms with Crippen LogP contribution in [-0.4, -0.2) is 37.9 Å². The quantitative estimate of drug-likeness (QED) is 0.886. The third kappa shape index (κ3) is 3.86. The van der Waals surface area contributed by atoms with Crippen LogP contribution in [0.25, 0.3) is 11.0 Å². The predicted octanol–water partition coefficient (Wildman–Crippen LogP) is 3.18. The molecule has 0 aromatic carbocycles. The normalized spacial score (nSPS) is 28.8. The van der Waals surface area contributed by atoms with Gasteiger partial charge in [0.1, 0.15) is 17.6 Å². The van der Waals surface area contributed by atoms with Gasteiger partial charge in [-0.25, -0.2) is 9.97 Å². The van der Waals surface area contributed by atoms with Crippen molar-refractivity contribution in [2.75, 3.05) is 6.54 Å². The van der Waals surface area contributed by atoms with E-state index in [9.17, 15) is 5.11 Å². The summed E-state index contributed by atoms with van der Waals surface area (Å²) >= 11 is 0. The van der Waals surface area contributed by atoms with Gasteiger partial charge in [-0.3, -0.25) is 0 Å². The van der Waals surface area contributed by atoms with Gasteiger partial charge in [0.2, 0.25) is 0 Å². The average Bonchev–Trinajstić information content (AvgIpc) is 3.10. The first-order valence-corrected chi connectivity index (χ1v) is 9.24. The smallest absolute Gasteiger partial charge is 0.164 e. The Morgan fingerprint density at radius 3 is 2.60 bits per heavy atom. The van der Waals surface area contributed by atoms with E-state index < -0.39 is 11.8 Å². The molecule has 25 heavy (non-hydrogen) atoms. The fourth-order valence-electron chi connectivity index (χ4n) is 3.31. The molecule has 1 unspecified atom stereocenters. The van der Waals surface area contributed by atoms with Crippen LogP contribution in [0.1, 0.15) is 58.9 Å². The lowest BCUT2D eigenvalue weighted by atomic mass is 9.87. The van der Waals surface area contributed by atoms with Crippen LogP contribution in [0.3, 0.4) is 0 Å². The van der Waals surface area contributed by atoms with Crippen LogP contribution >= 0.6 is 0 Å². The topological polar surface area (TPSA) is 86.2 Å². The summed E-state index contributed by atoms with van der Waals surface area (Å²) in [6.07, 6.45) is 6.41. The second-order valence-electron chi connectivity index (χ2n) is 7.01. The molecular formula is C19H32N4O2. The molecule has 1 aliphatic rings. The van der Waals surface area contributed by atoms with Crippen LogP contribution in [0.15, 0.2) is 18.6 Å². The zero-order valence-corrected chi connectivity index (χ0v) is 16.1.